The first-order valence-corrected chi connectivity index (χ1v) is 9.36. The van der Waals surface area contributed by atoms with Crippen molar-refractivity contribution in [1.29, 1.82) is 0 Å². The summed E-state index contributed by atoms with van der Waals surface area (Å²) in [6.45, 7) is 5.12. The molecule has 0 spiro atoms. The number of amides is 2. The number of hydrogen-bond donors (Lipinski definition) is 2. The number of rotatable bonds is 8. The lowest BCUT2D eigenvalue weighted by molar-refractivity contribution is -0.139. The summed E-state index contributed by atoms with van der Waals surface area (Å²) in [4.78, 5) is 26.7. The lowest BCUT2D eigenvalue weighted by Gasteiger charge is -2.30. The Bertz CT molecular complexity index is 725. The normalized spacial score (nSPS) is 19.6. The van der Waals surface area contributed by atoms with E-state index in [-0.39, 0.29) is 18.0 Å². The van der Waals surface area contributed by atoms with E-state index in [2.05, 4.69) is 15.5 Å². The quantitative estimate of drug-likeness (QED) is 0.683. The fraction of sp³-hybridized carbons (Fsp3) is 0.500. The van der Waals surface area contributed by atoms with Crippen LogP contribution in [-0.2, 0) is 16.1 Å². The summed E-state index contributed by atoms with van der Waals surface area (Å²) in [6.07, 6.45) is 2.25. The second-order valence-electron chi connectivity index (χ2n) is 6.92. The maximum Gasteiger partial charge on any atom is 0.337 e. The third kappa shape index (κ3) is 4.80. The molecule has 146 valence electrons. The first kappa shape index (κ1) is 19.2. The number of methoxy groups -OCH3 is 1. The summed E-state index contributed by atoms with van der Waals surface area (Å²) in [5.74, 6) is 0.441. The minimum Gasteiger partial charge on any atom is -0.497 e. The van der Waals surface area contributed by atoms with Crippen molar-refractivity contribution in [3.8, 4) is 5.75 Å². The van der Waals surface area contributed by atoms with Crippen molar-refractivity contribution in [2.24, 2.45) is 0 Å². The van der Waals surface area contributed by atoms with Crippen LogP contribution in [0, 0.1) is 0 Å². The number of hydrogen-bond acceptors (Lipinski definition) is 5. The molecule has 3 rings (SSSR count). The Balaban J connectivity index is 1.81. The predicted octanol–water partition coefficient (Wildman–Crippen LogP) is 2.18. The van der Waals surface area contributed by atoms with Crippen LogP contribution in [0.25, 0.3) is 0 Å². The predicted molar refractivity (Wildman–Crippen MR) is 101 cm³/mol. The topological polar surface area (TPSA) is 79.9 Å². The van der Waals surface area contributed by atoms with E-state index in [1.807, 2.05) is 24.3 Å². The molecule has 1 aromatic rings. The van der Waals surface area contributed by atoms with Gasteiger partial charge in [0.25, 0.3) is 0 Å². The molecule has 7 nitrogen and oxygen atoms in total. The molecule has 0 bridgehead atoms. The van der Waals surface area contributed by atoms with Crippen molar-refractivity contribution >= 4 is 12.0 Å². The van der Waals surface area contributed by atoms with E-state index in [0.29, 0.717) is 30.5 Å². The summed E-state index contributed by atoms with van der Waals surface area (Å²) in [5.41, 5.74) is 2.29. The standard InChI is InChI=1S/C20H27N3O4/c1-4-27-19(24)18-13(2)21-20(25)22-17(18)12-23(15-7-8-15)11-14-5-9-16(26-3)10-6-14/h5-6,9-10,13,15H,4,7-8,11-12H2,1-3H3,(H2,21,22,25). The number of ether oxygens (including phenoxy) is 2. The van der Waals surface area contributed by atoms with Gasteiger partial charge in [-0.25, -0.2) is 9.59 Å². The summed E-state index contributed by atoms with van der Waals surface area (Å²) in [7, 11) is 1.65. The molecular formula is C20H27N3O4. The zero-order valence-electron chi connectivity index (χ0n) is 16.1. The van der Waals surface area contributed by atoms with Crippen molar-refractivity contribution in [2.75, 3.05) is 20.3 Å². The Hall–Kier alpha value is -2.54. The van der Waals surface area contributed by atoms with Crippen molar-refractivity contribution in [3.05, 3.63) is 41.1 Å². The highest BCUT2D eigenvalue weighted by Crippen LogP contribution is 2.30. The van der Waals surface area contributed by atoms with Crippen LogP contribution in [0.1, 0.15) is 32.3 Å². The van der Waals surface area contributed by atoms with Crippen molar-refractivity contribution in [1.82, 2.24) is 15.5 Å². The number of carbonyl (C=O) groups excluding carboxylic acids is 2. The highest BCUT2D eigenvalue weighted by molar-refractivity contribution is 5.94. The first-order valence-electron chi connectivity index (χ1n) is 9.36. The molecule has 1 atom stereocenters. The van der Waals surface area contributed by atoms with Gasteiger partial charge in [-0.2, -0.15) is 0 Å². The monoisotopic (exact) mass is 373 g/mol. The van der Waals surface area contributed by atoms with Crippen LogP contribution in [0.15, 0.2) is 35.5 Å². The maximum atomic E-state index is 12.4. The molecule has 1 aromatic carbocycles. The summed E-state index contributed by atoms with van der Waals surface area (Å²) in [6, 6.07) is 7.76. The molecule has 1 heterocycles. The number of esters is 1. The minimum atomic E-state index is -0.382. The van der Waals surface area contributed by atoms with E-state index in [1.54, 1.807) is 21.0 Å². The van der Waals surface area contributed by atoms with Crippen LogP contribution in [0.5, 0.6) is 5.75 Å². The Morgan fingerprint density at radius 2 is 1.93 bits per heavy atom. The number of urea groups is 1. The summed E-state index contributed by atoms with van der Waals surface area (Å²) >= 11 is 0. The molecule has 27 heavy (non-hydrogen) atoms. The Morgan fingerprint density at radius 3 is 2.52 bits per heavy atom. The van der Waals surface area contributed by atoms with Crippen molar-refractivity contribution in [3.63, 3.8) is 0 Å². The highest BCUT2D eigenvalue weighted by Gasteiger charge is 2.34. The van der Waals surface area contributed by atoms with Crippen LogP contribution >= 0.6 is 0 Å². The molecule has 0 saturated heterocycles. The molecule has 1 fully saturated rings. The molecule has 7 heteroatoms. The van der Waals surface area contributed by atoms with Gasteiger partial charge >= 0.3 is 12.0 Å². The maximum absolute atomic E-state index is 12.4. The van der Waals surface area contributed by atoms with Crippen LogP contribution < -0.4 is 15.4 Å². The van der Waals surface area contributed by atoms with Gasteiger partial charge in [0.1, 0.15) is 5.75 Å². The second kappa shape index (κ2) is 8.43. The fourth-order valence-electron chi connectivity index (χ4n) is 3.33. The van der Waals surface area contributed by atoms with Gasteiger partial charge in [-0.1, -0.05) is 12.1 Å². The van der Waals surface area contributed by atoms with Crippen molar-refractivity contribution in [2.45, 2.75) is 45.3 Å². The second-order valence-corrected chi connectivity index (χ2v) is 6.92. The molecule has 1 unspecified atom stereocenters. The van der Waals surface area contributed by atoms with Gasteiger partial charge in [0, 0.05) is 24.8 Å². The number of nitrogens with one attached hydrogen (secondary N) is 2. The van der Waals surface area contributed by atoms with E-state index in [4.69, 9.17) is 9.47 Å². The van der Waals surface area contributed by atoms with E-state index in [1.165, 1.54) is 0 Å². The minimum absolute atomic E-state index is 0.286. The third-order valence-electron chi connectivity index (χ3n) is 4.83. The average Bonchev–Trinajstić information content (AvgIpc) is 3.46. The summed E-state index contributed by atoms with van der Waals surface area (Å²) in [5, 5.41) is 5.56. The van der Waals surface area contributed by atoms with Crippen LogP contribution in [0.3, 0.4) is 0 Å². The Kier molecular flexibility index (Phi) is 6.01. The SMILES string of the molecule is CCOC(=O)C1=C(CN(Cc2ccc(OC)cc2)C2CC2)NC(=O)NC1C. The first-order chi connectivity index (χ1) is 13.0. The molecule has 2 amide bonds. The van der Waals surface area contributed by atoms with Crippen LogP contribution in [0.2, 0.25) is 0 Å². The average molecular weight is 373 g/mol. The molecule has 1 aliphatic heterocycles. The molecule has 1 aliphatic carbocycles. The molecule has 2 aliphatic rings. The zero-order chi connectivity index (χ0) is 19.4. The molecule has 1 saturated carbocycles. The van der Waals surface area contributed by atoms with E-state index in [0.717, 1.165) is 30.7 Å². The molecule has 0 radical (unpaired) electrons. The van der Waals surface area contributed by atoms with Gasteiger partial charge < -0.3 is 20.1 Å². The molecule has 0 aromatic heterocycles. The van der Waals surface area contributed by atoms with E-state index < -0.39 is 0 Å². The van der Waals surface area contributed by atoms with E-state index in [9.17, 15) is 9.59 Å². The van der Waals surface area contributed by atoms with E-state index >= 15 is 0 Å². The van der Waals surface area contributed by atoms with Crippen molar-refractivity contribution < 1.29 is 19.1 Å². The Morgan fingerprint density at radius 1 is 1.22 bits per heavy atom. The lowest BCUT2D eigenvalue weighted by atomic mass is 10.0. The zero-order valence-corrected chi connectivity index (χ0v) is 16.1. The highest BCUT2D eigenvalue weighted by atomic mass is 16.5. The third-order valence-corrected chi connectivity index (χ3v) is 4.83. The van der Waals surface area contributed by atoms with Crippen LogP contribution in [-0.4, -0.2) is 49.2 Å². The Labute approximate surface area is 159 Å². The van der Waals surface area contributed by atoms with Gasteiger partial charge in [0.15, 0.2) is 0 Å². The van der Waals surface area contributed by atoms with Gasteiger partial charge in [0.05, 0.1) is 25.3 Å². The number of carbonyl (C=O) groups is 2. The number of nitrogens with zero attached hydrogens (tertiary/aromatic N) is 1. The smallest absolute Gasteiger partial charge is 0.337 e. The molecule has 2 N–H and O–H groups in total. The largest absolute Gasteiger partial charge is 0.497 e. The van der Waals surface area contributed by atoms with Gasteiger partial charge in [-0.15, -0.1) is 0 Å². The number of benzene rings is 1. The van der Waals surface area contributed by atoms with Gasteiger partial charge in [0.2, 0.25) is 0 Å². The van der Waals surface area contributed by atoms with Gasteiger partial charge in [-0.3, -0.25) is 4.90 Å². The summed E-state index contributed by atoms with van der Waals surface area (Å²) < 4.78 is 10.4. The fourth-order valence-corrected chi connectivity index (χ4v) is 3.33. The van der Waals surface area contributed by atoms with Crippen LogP contribution in [0.4, 0.5) is 4.79 Å². The van der Waals surface area contributed by atoms with Gasteiger partial charge in [-0.05, 0) is 44.4 Å². The lowest BCUT2D eigenvalue weighted by Crippen LogP contribution is -2.51. The molecular weight excluding hydrogens is 346 g/mol.